The summed E-state index contributed by atoms with van der Waals surface area (Å²) in [5.41, 5.74) is 1.69. The molecule has 3 nitrogen and oxygen atoms in total. The number of hydrogen-bond donors (Lipinski definition) is 0. The molecule has 0 aliphatic carbocycles. The second-order valence-electron chi connectivity index (χ2n) is 4.17. The zero-order valence-corrected chi connectivity index (χ0v) is 11.7. The summed E-state index contributed by atoms with van der Waals surface area (Å²) in [4.78, 5) is 17.0. The third-order valence-corrected chi connectivity index (χ3v) is 3.75. The molecule has 0 aliphatic heterocycles. The summed E-state index contributed by atoms with van der Waals surface area (Å²) in [5, 5.41) is 0.905. The molecule has 2 aromatic heterocycles. The van der Waals surface area contributed by atoms with E-state index < -0.39 is 0 Å². The molecule has 18 heavy (non-hydrogen) atoms. The minimum absolute atomic E-state index is 0.0880. The van der Waals surface area contributed by atoms with Gasteiger partial charge in [-0.05, 0) is 30.7 Å². The van der Waals surface area contributed by atoms with E-state index in [1.54, 1.807) is 22.4 Å². The first-order chi connectivity index (χ1) is 8.77. The molecule has 0 saturated heterocycles. The summed E-state index contributed by atoms with van der Waals surface area (Å²) in [6.45, 7) is 4.22. The largest absolute Gasteiger partial charge is 0.269 e. The molecule has 0 radical (unpaired) electrons. The number of pyridine rings is 1. The summed E-state index contributed by atoms with van der Waals surface area (Å²) in [6.07, 6.45) is 4.74. The zero-order valence-electron chi connectivity index (χ0n) is 10.8. The van der Waals surface area contributed by atoms with Crippen molar-refractivity contribution in [1.29, 1.82) is 0 Å². The molecule has 0 atom stereocenters. The van der Waals surface area contributed by atoms with Crippen LogP contribution in [-0.2, 0) is 6.42 Å². The molecule has 2 rings (SSSR count). The van der Waals surface area contributed by atoms with Crippen molar-refractivity contribution in [3.8, 4) is 0 Å². The van der Waals surface area contributed by atoms with Gasteiger partial charge in [-0.3, -0.25) is 9.20 Å². The minimum atomic E-state index is 0.0880. The maximum absolute atomic E-state index is 12.4. The Bertz CT molecular complexity index is 592. The normalized spacial score (nSPS) is 11.0. The second-order valence-corrected chi connectivity index (χ2v) is 5.42. The molecule has 4 heteroatoms. The van der Waals surface area contributed by atoms with Crippen LogP contribution in [0.25, 0.3) is 5.65 Å². The highest BCUT2D eigenvalue weighted by atomic mass is 32.2. The van der Waals surface area contributed by atoms with Gasteiger partial charge in [0.25, 0.3) is 5.56 Å². The van der Waals surface area contributed by atoms with Gasteiger partial charge in [-0.2, -0.15) is 0 Å². The lowest BCUT2D eigenvalue weighted by atomic mass is 10.1. The lowest BCUT2D eigenvalue weighted by Gasteiger charge is -2.09. The van der Waals surface area contributed by atoms with Gasteiger partial charge in [-0.1, -0.05) is 26.3 Å². The average Bonchev–Trinajstić information content (AvgIpc) is 2.39. The van der Waals surface area contributed by atoms with E-state index in [1.807, 2.05) is 18.2 Å². The molecule has 0 unspecified atom stereocenters. The number of nitrogens with zero attached hydrogens (tertiary/aromatic N) is 2. The Labute approximate surface area is 111 Å². The van der Waals surface area contributed by atoms with Crippen molar-refractivity contribution in [2.45, 2.75) is 38.1 Å². The van der Waals surface area contributed by atoms with E-state index in [2.05, 4.69) is 18.8 Å². The quantitative estimate of drug-likeness (QED) is 0.613. The van der Waals surface area contributed by atoms with E-state index in [4.69, 9.17) is 0 Å². The fourth-order valence-electron chi connectivity index (χ4n) is 1.93. The molecular formula is C14H18N2OS. The molecule has 0 amide bonds. The van der Waals surface area contributed by atoms with Crippen LogP contribution in [0.3, 0.4) is 0 Å². The van der Waals surface area contributed by atoms with Crippen LogP contribution >= 0.6 is 11.8 Å². The molecule has 0 fully saturated rings. The van der Waals surface area contributed by atoms with Gasteiger partial charge in [-0.25, -0.2) is 4.98 Å². The third kappa shape index (κ3) is 2.58. The van der Waals surface area contributed by atoms with Gasteiger partial charge in [0.15, 0.2) is 0 Å². The molecule has 96 valence electrons. The van der Waals surface area contributed by atoms with Gasteiger partial charge >= 0.3 is 0 Å². The van der Waals surface area contributed by atoms with Crippen LogP contribution in [0.1, 0.15) is 32.3 Å². The molecule has 2 heterocycles. The van der Waals surface area contributed by atoms with Gasteiger partial charge in [0, 0.05) is 6.20 Å². The molecule has 0 N–H and O–H groups in total. The summed E-state index contributed by atoms with van der Waals surface area (Å²) >= 11 is 1.66. The summed E-state index contributed by atoms with van der Waals surface area (Å²) in [6, 6.07) is 5.66. The van der Waals surface area contributed by atoms with Crippen LogP contribution in [-0.4, -0.2) is 15.1 Å². The van der Waals surface area contributed by atoms with Crippen molar-refractivity contribution in [2.75, 3.05) is 5.75 Å². The Hall–Kier alpha value is -1.29. The predicted octanol–water partition coefficient (Wildman–Crippen LogP) is 3.15. The fraction of sp³-hybridized carbons (Fsp3) is 0.429. The van der Waals surface area contributed by atoms with Crippen molar-refractivity contribution >= 4 is 17.4 Å². The van der Waals surface area contributed by atoms with E-state index >= 15 is 0 Å². The Balaban J connectivity index is 2.59. The lowest BCUT2D eigenvalue weighted by molar-refractivity contribution is 0.758. The SMILES string of the molecule is CCCCc1c(SCC)nc2ccccn2c1=O. The summed E-state index contributed by atoms with van der Waals surface area (Å²) in [7, 11) is 0. The van der Waals surface area contributed by atoms with Gasteiger partial charge in [0.05, 0.1) is 5.56 Å². The topological polar surface area (TPSA) is 34.4 Å². The van der Waals surface area contributed by atoms with Gasteiger partial charge < -0.3 is 0 Å². The smallest absolute Gasteiger partial charge is 0.262 e. The molecular weight excluding hydrogens is 244 g/mol. The van der Waals surface area contributed by atoms with Gasteiger partial charge in [0.2, 0.25) is 0 Å². The van der Waals surface area contributed by atoms with Gasteiger partial charge in [0.1, 0.15) is 10.7 Å². The Morgan fingerprint density at radius 1 is 1.33 bits per heavy atom. The Morgan fingerprint density at radius 2 is 2.17 bits per heavy atom. The van der Waals surface area contributed by atoms with Crippen LogP contribution in [0.5, 0.6) is 0 Å². The highest BCUT2D eigenvalue weighted by Gasteiger charge is 2.11. The van der Waals surface area contributed by atoms with Crippen molar-refractivity contribution in [3.63, 3.8) is 0 Å². The van der Waals surface area contributed by atoms with Crippen LogP contribution in [0.15, 0.2) is 34.2 Å². The number of thioether (sulfide) groups is 1. The second kappa shape index (κ2) is 6.05. The van der Waals surface area contributed by atoms with Crippen LogP contribution in [0.4, 0.5) is 0 Å². The first kappa shape index (κ1) is 13.1. The van der Waals surface area contributed by atoms with E-state index in [1.165, 1.54) is 0 Å². The highest BCUT2D eigenvalue weighted by molar-refractivity contribution is 7.99. The van der Waals surface area contributed by atoms with Crippen molar-refractivity contribution in [1.82, 2.24) is 9.38 Å². The molecule has 0 bridgehead atoms. The number of rotatable bonds is 5. The lowest BCUT2D eigenvalue weighted by Crippen LogP contribution is -2.21. The molecule has 2 aromatic rings. The average molecular weight is 262 g/mol. The van der Waals surface area contributed by atoms with Crippen molar-refractivity contribution in [3.05, 3.63) is 40.3 Å². The third-order valence-electron chi connectivity index (χ3n) is 2.85. The molecule has 0 spiro atoms. The number of hydrogen-bond acceptors (Lipinski definition) is 3. The standard InChI is InChI=1S/C14H18N2OS/c1-3-5-8-11-13(18-4-2)15-12-9-6-7-10-16(12)14(11)17/h6-7,9-10H,3-5,8H2,1-2H3. The molecule has 0 aliphatic rings. The summed E-state index contributed by atoms with van der Waals surface area (Å²) < 4.78 is 1.64. The van der Waals surface area contributed by atoms with Crippen LogP contribution in [0, 0.1) is 0 Å². The number of aromatic nitrogens is 2. The van der Waals surface area contributed by atoms with Gasteiger partial charge in [-0.15, -0.1) is 11.8 Å². The van der Waals surface area contributed by atoms with Crippen molar-refractivity contribution < 1.29 is 0 Å². The first-order valence-corrected chi connectivity index (χ1v) is 7.39. The van der Waals surface area contributed by atoms with Crippen LogP contribution in [0.2, 0.25) is 0 Å². The monoisotopic (exact) mass is 262 g/mol. The minimum Gasteiger partial charge on any atom is -0.269 e. The highest BCUT2D eigenvalue weighted by Crippen LogP contribution is 2.20. The van der Waals surface area contributed by atoms with E-state index in [-0.39, 0.29) is 5.56 Å². The zero-order chi connectivity index (χ0) is 13.0. The Morgan fingerprint density at radius 3 is 2.89 bits per heavy atom. The fourth-order valence-corrected chi connectivity index (χ4v) is 2.72. The molecule has 0 aromatic carbocycles. The predicted molar refractivity (Wildman–Crippen MR) is 76.5 cm³/mol. The summed E-state index contributed by atoms with van der Waals surface area (Å²) in [5.74, 6) is 0.939. The van der Waals surface area contributed by atoms with Crippen LogP contribution < -0.4 is 5.56 Å². The number of fused-ring (bicyclic) bond motifs is 1. The van der Waals surface area contributed by atoms with Crippen molar-refractivity contribution in [2.24, 2.45) is 0 Å². The maximum Gasteiger partial charge on any atom is 0.262 e. The van der Waals surface area contributed by atoms with E-state index in [0.29, 0.717) is 0 Å². The van der Waals surface area contributed by atoms with E-state index in [9.17, 15) is 4.79 Å². The number of unbranched alkanes of at least 4 members (excludes halogenated alkanes) is 1. The Kier molecular flexibility index (Phi) is 4.42. The molecule has 0 saturated carbocycles. The van der Waals surface area contributed by atoms with E-state index in [0.717, 1.165) is 41.3 Å². The first-order valence-electron chi connectivity index (χ1n) is 6.41. The maximum atomic E-state index is 12.4.